The van der Waals surface area contributed by atoms with Crippen molar-refractivity contribution in [1.82, 2.24) is 14.9 Å². The molecule has 1 fully saturated rings. The van der Waals surface area contributed by atoms with Crippen LogP contribution in [0, 0.1) is 19.8 Å². The first-order chi connectivity index (χ1) is 12.8. The molecule has 1 aliphatic carbocycles. The van der Waals surface area contributed by atoms with Gasteiger partial charge in [0, 0.05) is 25.0 Å². The van der Waals surface area contributed by atoms with Gasteiger partial charge in [-0.25, -0.2) is 4.98 Å². The summed E-state index contributed by atoms with van der Waals surface area (Å²) in [5.74, 6) is 0.171. The number of amides is 1. The number of methoxy groups -OCH3 is 1. The summed E-state index contributed by atoms with van der Waals surface area (Å²) >= 11 is 0. The largest absolute Gasteiger partial charge is 0.481 e. The smallest absolute Gasteiger partial charge is 0.263 e. The van der Waals surface area contributed by atoms with Crippen LogP contribution in [0.5, 0.6) is 5.88 Å². The molecule has 27 heavy (non-hydrogen) atoms. The second-order valence-electron chi connectivity index (χ2n) is 7.18. The highest BCUT2D eigenvalue weighted by Gasteiger charge is 2.36. The van der Waals surface area contributed by atoms with Crippen molar-refractivity contribution in [2.75, 3.05) is 7.11 Å². The van der Waals surface area contributed by atoms with Crippen molar-refractivity contribution >= 4 is 5.91 Å². The number of rotatable bonds is 5. The van der Waals surface area contributed by atoms with Crippen molar-refractivity contribution in [3.8, 4) is 5.88 Å². The molecule has 1 amide bonds. The van der Waals surface area contributed by atoms with Crippen molar-refractivity contribution < 1.29 is 14.6 Å². The second-order valence-corrected chi connectivity index (χ2v) is 7.18. The van der Waals surface area contributed by atoms with Gasteiger partial charge in [0.05, 0.1) is 19.3 Å². The van der Waals surface area contributed by atoms with Crippen LogP contribution in [0.1, 0.15) is 46.1 Å². The maximum atomic E-state index is 13.0. The Labute approximate surface area is 158 Å². The van der Waals surface area contributed by atoms with Gasteiger partial charge in [-0.3, -0.25) is 9.59 Å². The standard InChI is InChI=1S/C20H25N3O4/c1-11-7-12(2)23(3)20(26)17(11)19(25)22-18(14-8-15(24)9-14)13-5-6-16(27-4)21-10-13/h5-7,10,14-15,18,24H,8-9H2,1-4H3,(H,22,25)/t14?,15?,18-/m0/s1. The molecule has 144 valence electrons. The Balaban J connectivity index is 1.91. The summed E-state index contributed by atoms with van der Waals surface area (Å²) in [5.41, 5.74) is 2.10. The molecule has 2 heterocycles. The number of nitrogens with one attached hydrogen (secondary N) is 1. The van der Waals surface area contributed by atoms with Crippen LogP contribution in [0.25, 0.3) is 0 Å². The van der Waals surface area contributed by atoms with E-state index in [1.54, 1.807) is 33.3 Å². The topological polar surface area (TPSA) is 93.5 Å². The summed E-state index contributed by atoms with van der Waals surface area (Å²) in [5, 5.41) is 12.7. The lowest BCUT2D eigenvalue weighted by Gasteiger charge is -2.38. The maximum absolute atomic E-state index is 13.0. The molecule has 0 saturated heterocycles. The zero-order valence-corrected chi connectivity index (χ0v) is 16.0. The van der Waals surface area contributed by atoms with Crippen molar-refractivity contribution in [2.45, 2.75) is 38.8 Å². The van der Waals surface area contributed by atoms with Gasteiger partial charge in [-0.05, 0) is 49.8 Å². The summed E-state index contributed by atoms with van der Waals surface area (Å²) in [6.45, 7) is 3.60. The summed E-state index contributed by atoms with van der Waals surface area (Å²) in [4.78, 5) is 29.8. The highest BCUT2D eigenvalue weighted by molar-refractivity contribution is 5.95. The van der Waals surface area contributed by atoms with Gasteiger partial charge in [0.15, 0.2) is 0 Å². The van der Waals surface area contributed by atoms with E-state index in [-0.39, 0.29) is 29.2 Å². The fraction of sp³-hybridized carbons (Fsp3) is 0.450. The van der Waals surface area contributed by atoms with Crippen molar-refractivity contribution in [1.29, 1.82) is 0 Å². The number of pyridine rings is 2. The molecular weight excluding hydrogens is 346 g/mol. The molecule has 7 heteroatoms. The molecule has 2 N–H and O–H groups in total. The van der Waals surface area contributed by atoms with E-state index >= 15 is 0 Å². The number of aromatic nitrogens is 2. The fourth-order valence-electron chi connectivity index (χ4n) is 3.54. The number of aryl methyl sites for hydroxylation is 2. The Morgan fingerprint density at radius 1 is 1.37 bits per heavy atom. The van der Waals surface area contributed by atoms with Crippen LogP contribution in [-0.4, -0.2) is 33.8 Å². The number of aliphatic hydroxyl groups is 1. The van der Waals surface area contributed by atoms with E-state index < -0.39 is 5.91 Å². The molecule has 0 aromatic carbocycles. The molecule has 7 nitrogen and oxygen atoms in total. The average molecular weight is 371 g/mol. The van der Waals surface area contributed by atoms with Gasteiger partial charge in [0.2, 0.25) is 5.88 Å². The first-order valence-electron chi connectivity index (χ1n) is 8.98. The Kier molecular flexibility index (Phi) is 5.32. The number of carbonyl (C=O) groups excluding carboxylic acids is 1. The van der Waals surface area contributed by atoms with Crippen LogP contribution in [0.15, 0.2) is 29.2 Å². The normalized spacial score (nSPS) is 19.9. The molecule has 0 radical (unpaired) electrons. The molecule has 1 aliphatic rings. The van der Waals surface area contributed by atoms with Gasteiger partial charge in [0.1, 0.15) is 5.56 Å². The number of carbonyl (C=O) groups is 1. The van der Waals surface area contributed by atoms with Crippen LogP contribution >= 0.6 is 0 Å². The van der Waals surface area contributed by atoms with E-state index in [0.29, 0.717) is 24.3 Å². The Bertz CT molecular complexity index is 899. The highest BCUT2D eigenvalue weighted by Crippen LogP contribution is 2.38. The first-order valence-corrected chi connectivity index (χ1v) is 8.98. The molecule has 0 unspecified atom stereocenters. The monoisotopic (exact) mass is 371 g/mol. The molecular formula is C20H25N3O4. The van der Waals surface area contributed by atoms with E-state index in [0.717, 1.165) is 11.3 Å². The highest BCUT2D eigenvalue weighted by atomic mass is 16.5. The van der Waals surface area contributed by atoms with Crippen LogP contribution in [0.3, 0.4) is 0 Å². The van der Waals surface area contributed by atoms with Crippen LogP contribution in [-0.2, 0) is 7.05 Å². The first kappa shape index (κ1) is 19.1. The minimum Gasteiger partial charge on any atom is -0.481 e. The quantitative estimate of drug-likeness (QED) is 0.834. The third kappa shape index (κ3) is 3.73. The van der Waals surface area contributed by atoms with Gasteiger partial charge < -0.3 is 19.7 Å². The lowest BCUT2D eigenvalue weighted by molar-refractivity contribution is 0.0234. The molecule has 0 spiro atoms. The summed E-state index contributed by atoms with van der Waals surface area (Å²) in [6, 6.07) is 5.08. The predicted octanol–water partition coefficient (Wildman–Crippen LogP) is 1.65. The number of nitrogens with zero attached hydrogens (tertiary/aromatic N) is 2. The summed E-state index contributed by atoms with van der Waals surface area (Å²) in [6.07, 6.45) is 2.51. The lowest BCUT2D eigenvalue weighted by Crippen LogP contribution is -2.43. The molecule has 0 bridgehead atoms. The molecule has 1 atom stereocenters. The third-order valence-corrected chi connectivity index (χ3v) is 5.33. The van der Waals surface area contributed by atoms with Gasteiger partial charge in [0.25, 0.3) is 11.5 Å². The molecule has 2 aromatic rings. The van der Waals surface area contributed by atoms with Gasteiger partial charge >= 0.3 is 0 Å². The number of hydrogen-bond donors (Lipinski definition) is 2. The summed E-state index contributed by atoms with van der Waals surface area (Å²) in [7, 11) is 3.19. The van der Waals surface area contributed by atoms with Crippen LogP contribution < -0.4 is 15.6 Å². The predicted molar refractivity (Wildman–Crippen MR) is 101 cm³/mol. The Hall–Kier alpha value is -2.67. The minimum atomic E-state index is -0.407. The SMILES string of the molecule is COc1ccc([C@H](NC(=O)c2c(C)cc(C)n(C)c2=O)C2CC(O)C2)cn1. The summed E-state index contributed by atoms with van der Waals surface area (Å²) < 4.78 is 6.56. The van der Waals surface area contributed by atoms with Crippen LogP contribution in [0.2, 0.25) is 0 Å². The fourth-order valence-corrected chi connectivity index (χ4v) is 3.54. The van der Waals surface area contributed by atoms with Gasteiger partial charge in [-0.1, -0.05) is 6.07 Å². The van der Waals surface area contributed by atoms with E-state index in [9.17, 15) is 14.7 Å². The third-order valence-electron chi connectivity index (χ3n) is 5.33. The van der Waals surface area contributed by atoms with Gasteiger partial charge in [-0.2, -0.15) is 0 Å². The van der Waals surface area contributed by atoms with Gasteiger partial charge in [-0.15, -0.1) is 0 Å². The minimum absolute atomic E-state index is 0.0914. The van der Waals surface area contributed by atoms with Crippen molar-refractivity contribution in [2.24, 2.45) is 13.0 Å². The van der Waals surface area contributed by atoms with E-state index in [4.69, 9.17) is 4.74 Å². The number of hydrogen-bond acceptors (Lipinski definition) is 5. The Morgan fingerprint density at radius 2 is 2.07 bits per heavy atom. The van der Waals surface area contributed by atoms with Crippen molar-refractivity contribution in [3.63, 3.8) is 0 Å². The van der Waals surface area contributed by atoms with E-state index in [1.165, 1.54) is 4.57 Å². The Morgan fingerprint density at radius 3 is 2.63 bits per heavy atom. The van der Waals surface area contributed by atoms with E-state index in [2.05, 4.69) is 10.3 Å². The molecule has 0 aliphatic heterocycles. The average Bonchev–Trinajstić information content (AvgIpc) is 2.62. The second kappa shape index (κ2) is 7.52. The van der Waals surface area contributed by atoms with E-state index in [1.807, 2.05) is 19.1 Å². The molecule has 1 saturated carbocycles. The zero-order chi connectivity index (χ0) is 19.7. The zero-order valence-electron chi connectivity index (χ0n) is 16.0. The molecule has 2 aromatic heterocycles. The number of aliphatic hydroxyl groups excluding tert-OH is 1. The molecule has 3 rings (SSSR count). The maximum Gasteiger partial charge on any atom is 0.263 e. The van der Waals surface area contributed by atoms with Crippen LogP contribution in [0.4, 0.5) is 0 Å². The lowest BCUT2D eigenvalue weighted by atomic mass is 9.75. The number of ether oxygens (including phenoxy) is 1. The van der Waals surface area contributed by atoms with Crippen molar-refractivity contribution in [3.05, 3.63) is 57.1 Å².